The van der Waals surface area contributed by atoms with Crippen molar-refractivity contribution in [3.63, 3.8) is 0 Å². The highest BCUT2D eigenvalue weighted by atomic mass is 16.5. The smallest absolute Gasteiger partial charge is 0.237 e. The maximum absolute atomic E-state index is 12.7. The molecule has 1 atom stereocenters. The molecule has 0 bridgehead atoms. The molecule has 132 valence electrons. The van der Waals surface area contributed by atoms with Crippen molar-refractivity contribution in [2.24, 2.45) is 0 Å². The number of rotatable bonds is 6. The van der Waals surface area contributed by atoms with Gasteiger partial charge in [0.15, 0.2) is 0 Å². The first kappa shape index (κ1) is 17.4. The number of amides is 1. The zero-order chi connectivity index (χ0) is 17.5. The molecule has 1 aliphatic rings. The first-order valence-electron chi connectivity index (χ1n) is 8.66. The van der Waals surface area contributed by atoms with Gasteiger partial charge in [-0.25, -0.2) is 4.98 Å². The van der Waals surface area contributed by atoms with E-state index in [1.165, 1.54) is 5.56 Å². The number of likely N-dealkylation sites (tertiary alicyclic amines) is 1. The molecule has 1 N–H and O–H groups in total. The number of ether oxygens (including phenoxy) is 1. The second-order valence-corrected chi connectivity index (χ2v) is 6.26. The van der Waals surface area contributed by atoms with Crippen molar-refractivity contribution >= 4 is 5.91 Å². The Labute approximate surface area is 148 Å². The van der Waals surface area contributed by atoms with E-state index in [9.17, 15) is 4.79 Å². The number of nitrogens with zero attached hydrogens (tertiary/aromatic N) is 3. The summed E-state index contributed by atoms with van der Waals surface area (Å²) in [6, 6.07) is 7.67. The van der Waals surface area contributed by atoms with Crippen LogP contribution in [0.3, 0.4) is 0 Å². The van der Waals surface area contributed by atoms with Crippen LogP contribution in [0.2, 0.25) is 0 Å². The highest BCUT2D eigenvalue weighted by Gasteiger charge is 2.28. The summed E-state index contributed by atoms with van der Waals surface area (Å²) in [5.41, 5.74) is 2.17. The summed E-state index contributed by atoms with van der Waals surface area (Å²) in [4.78, 5) is 23.1. The molecule has 0 unspecified atom stereocenters. The molecule has 1 fully saturated rings. The van der Waals surface area contributed by atoms with Gasteiger partial charge in [-0.2, -0.15) is 0 Å². The van der Waals surface area contributed by atoms with E-state index >= 15 is 0 Å². The Morgan fingerprint density at radius 1 is 1.24 bits per heavy atom. The Hall–Kier alpha value is -2.47. The summed E-state index contributed by atoms with van der Waals surface area (Å²) in [7, 11) is 1.59. The molecule has 0 aromatic carbocycles. The van der Waals surface area contributed by atoms with E-state index in [0.29, 0.717) is 12.4 Å². The standard InChI is InChI=1S/C19H24N4O2/c1-25-18-12-16(7-10-21-18)13-22-19(24)17-4-2-3-11-23(17)14-15-5-8-20-9-6-15/h5-10,12,17H,2-4,11,13-14H2,1H3,(H,22,24)/t17-/m1/s1. The summed E-state index contributed by atoms with van der Waals surface area (Å²) in [5, 5.41) is 3.06. The van der Waals surface area contributed by atoms with Crippen molar-refractivity contribution in [3.05, 3.63) is 54.0 Å². The Morgan fingerprint density at radius 2 is 2.04 bits per heavy atom. The minimum absolute atomic E-state index is 0.0781. The van der Waals surface area contributed by atoms with Gasteiger partial charge in [0.1, 0.15) is 0 Å². The number of aromatic nitrogens is 2. The van der Waals surface area contributed by atoms with E-state index in [1.54, 1.807) is 25.7 Å². The molecule has 3 heterocycles. The lowest BCUT2D eigenvalue weighted by molar-refractivity contribution is -0.128. The Balaban J connectivity index is 1.60. The van der Waals surface area contributed by atoms with Crippen LogP contribution in [0, 0.1) is 0 Å². The van der Waals surface area contributed by atoms with Crippen LogP contribution in [-0.4, -0.2) is 40.5 Å². The molecule has 25 heavy (non-hydrogen) atoms. The minimum Gasteiger partial charge on any atom is -0.481 e. The zero-order valence-electron chi connectivity index (χ0n) is 14.5. The van der Waals surface area contributed by atoms with Crippen molar-refractivity contribution in [2.45, 2.75) is 38.4 Å². The average Bonchev–Trinajstić information content (AvgIpc) is 2.67. The van der Waals surface area contributed by atoms with E-state index in [4.69, 9.17) is 4.74 Å². The van der Waals surface area contributed by atoms with Crippen LogP contribution < -0.4 is 10.1 Å². The van der Waals surface area contributed by atoms with Crippen LogP contribution in [0.15, 0.2) is 42.9 Å². The van der Waals surface area contributed by atoms with Crippen molar-refractivity contribution in [3.8, 4) is 5.88 Å². The van der Waals surface area contributed by atoms with Crippen LogP contribution >= 0.6 is 0 Å². The molecule has 0 spiro atoms. The quantitative estimate of drug-likeness (QED) is 0.873. The van der Waals surface area contributed by atoms with Crippen molar-refractivity contribution < 1.29 is 9.53 Å². The number of carbonyl (C=O) groups excluding carboxylic acids is 1. The van der Waals surface area contributed by atoms with Gasteiger partial charge in [-0.3, -0.25) is 14.7 Å². The molecule has 2 aromatic heterocycles. The molecule has 1 aliphatic heterocycles. The summed E-state index contributed by atoms with van der Waals surface area (Å²) in [6.45, 7) is 2.21. The Kier molecular flexibility index (Phi) is 5.95. The Morgan fingerprint density at radius 3 is 2.84 bits per heavy atom. The van der Waals surface area contributed by atoms with Crippen molar-refractivity contribution in [2.75, 3.05) is 13.7 Å². The maximum atomic E-state index is 12.7. The number of methoxy groups -OCH3 is 1. The molecule has 0 aliphatic carbocycles. The molecule has 1 saturated heterocycles. The highest BCUT2D eigenvalue weighted by molar-refractivity contribution is 5.81. The maximum Gasteiger partial charge on any atom is 0.237 e. The number of piperidine rings is 1. The predicted octanol–water partition coefficient (Wildman–Crippen LogP) is 2.16. The van der Waals surface area contributed by atoms with Crippen LogP contribution in [0.4, 0.5) is 0 Å². The number of nitrogens with one attached hydrogen (secondary N) is 1. The third-order valence-corrected chi connectivity index (χ3v) is 4.53. The molecular weight excluding hydrogens is 316 g/mol. The number of pyridine rings is 2. The van der Waals surface area contributed by atoms with Gasteiger partial charge in [0.25, 0.3) is 0 Å². The molecule has 2 aromatic rings. The monoisotopic (exact) mass is 340 g/mol. The van der Waals surface area contributed by atoms with Gasteiger partial charge in [-0.05, 0) is 48.7 Å². The highest BCUT2D eigenvalue weighted by Crippen LogP contribution is 2.20. The molecule has 0 saturated carbocycles. The van der Waals surface area contributed by atoms with Crippen LogP contribution in [-0.2, 0) is 17.9 Å². The topological polar surface area (TPSA) is 67.3 Å². The normalized spacial score (nSPS) is 17.9. The van der Waals surface area contributed by atoms with Crippen molar-refractivity contribution in [1.82, 2.24) is 20.2 Å². The van der Waals surface area contributed by atoms with E-state index in [2.05, 4.69) is 20.2 Å². The number of carbonyl (C=O) groups is 1. The molecule has 6 nitrogen and oxygen atoms in total. The van der Waals surface area contributed by atoms with Crippen molar-refractivity contribution in [1.29, 1.82) is 0 Å². The van der Waals surface area contributed by atoms with Gasteiger partial charge in [0.05, 0.1) is 13.2 Å². The first-order chi connectivity index (χ1) is 12.3. The molecule has 6 heteroatoms. The van der Waals surface area contributed by atoms with Crippen LogP contribution in [0.1, 0.15) is 30.4 Å². The fraction of sp³-hybridized carbons (Fsp3) is 0.421. The second kappa shape index (κ2) is 8.58. The van der Waals surface area contributed by atoms with Gasteiger partial charge in [0, 0.05) is 37.7 Å². The zero-order valence-corrected chi connectivity index (χ0v) is 14.5. The lowest BCUT2D eigenvalue weighted by atomic mass is 10.0. The summed E-state index contributed by atoms with van der Waals surface area (Å²) < 4.78 is 5.12. The van der Waals surface area contributed by atoms with Gasteiger partial charge in [0.2, 0.25) is 11.8 Å². The van der Waals surface area contributed by atoms with E-state index in [0.717, 1.165) is 37.9 Å². The average molecular weight is 340 g/mol. The predicted molar refractivity (Wildman–Crippen MR) is 94.9 cm³/mol. The number of hydrogen-bond donors (Lipinski definition) is 1. The van der Waals surface area contributed by atoms with Crippen LogP contribution in [0.5, 0.6) is 5.88 Å². The first-order valence-corrected chi connectivity index (χ1v) is 8.66. The number of hydrogen-bond acceptors (Lipinski definition) is 5. The van der Waals surface area contributed by atoms with Gasteiger partial charge in [-0.1, -0.05) is 6.42 Å². The SMILES string of the molecule is COc1cc(CNC(=O)[C@H]2CCCCN2Cc2ccncc2)ccn1. The lowest BCUT2D eigenvalue weighted by Gasteiger charge is -2.34. The molecular formula is C19H24N4O2. The van der Waals surface area contributed by atoms with E-state index < -0.39 is 0 Å². The second-order valence-electron chi connectivity index (χ2n) is 6.26. The summed E-state index contributed by atoms with van der Waals surface area (Å²) >= 11 is 0. The minimum atomic E-state index is -0.0781. The largest absolute Gasteiger partial charge is 0.481 e. The van der Waals surface area contributed by atoms with Gasteiger partial charge in [-0.15, -0.1) is 0 Å². The fourth-order valence-corrected chi connectivity index (χ4v) is 3.18. The molecule has 1 amide bonds. The van der Waals surface area contributed by atoms with Gasteiger partial charge < -0.3 is 10.1 Å². The van der Waals surface area contributed by atoms with Gasteiger partial charge >= 0.3 is 0 Å². The third-order valence-electron chi connectivity index (χ3n) is 4.53. The Bertz CT molecular complexity index is 693. The van der Waals surface area contributed by atoms with Crippen LogP contribution in [0.25, 0.3) is 0 Å². The van der Waals surface area contributed by atoms with E-state index in [-0.39, 0.29) is 11.9 Å². The third kappa shape index (κ3) is 4.76. The fourth-order valence-electron chi connectivity index (χ4n) is 3.18. The lowest BCUT2D eigenvalue weighted by Crippen LogP contribution is -2.48. The molecule has 3 rings (SSSR count). The summed E-state index contributed by atoms with van der Waals surface area (Å²) in [5.74, 6) is 0.647. The van der Waals surface area contributed by atoms with E-state index in [1.807, 2.05) is 24.3 Å². The molecule has 0 radical (unpaired) electrons. The summed E-state index contributed by atoms with van der Waals surface area (Å²) in [6.07, 6.45) is 8.41.